The maximum Gasteiger partial charge on any atom is 0.323 e. The number of benzene rings is 1. The van der Waals surface area contributed by atoms with E-state index in [1.165, 1.54) is 19.2 Å². The molecule has 3 rings (SSSR count). The number of allylic oxidation sites excluding steroid dienone is 1. The summed E-state index contributed by atoms with van der Waals surface area (Å²) >= 11 is 5.64. The summed E-state index contributed by atoms with van der Waals surface area (Å²) in [4.78, 5) is 37.3. The summed E-state index contributed by atoms with van der Waals surface area (Å²) in [6, 6.07) is 7.74. The van der Waals surface area contributed by atoms with Crippen molar-refractivity contribution in [3.8, 4) is 5.75 Å². The zero-order chi connectivity index (χ0) is 26.7. The maximum atomic E-state index is 12.4. The molecular weight excluding hydrogens is 511 g/mol. The SMILES string of the molecule is CC(C)OC(=O)[C@H](C)N[P@](=S)(OC[C@H]1O[C@@H](N2C=CC(=O)CC2=O)[C@](C)(O)[C@@H]1O)Oc1ccccc1. The maximum absolute atomic E-state index is 12.4. The van der Waals surface area contributed by atoms with E-state index in [-0.39, 0.29) is 24.9 Å². The van der Waals surface area contributed by atoms with Crippen LogP contribution in [0.4, 0.5) is 0 Å². The van der Waals surface area contributed by atoms with E-state index >= 15 is 0 Å². The standard InChI is InChI=1S/C23H31N2O9PS/c1-14(2)32-21(29)15(3)24-35(36,34-17-8-6-5-7-9-17)31-13-18-20(28)23(4,30)22(33-18)25-11-10-16(26)12-19(25)27/h5-11,14-15,18,20,22,28,30H,12-13H2,1-4H3,(H,24,36)/t15-,18+,20+,22+,23+,35-/m0/s1. The van der Waals surface area contributed by atoms with E-state index in [1.807, 2.05) is 0 Å². The number of nitrogens with one attached hydrogen (secondary N) is 1. The molecule has 0 spiro atoms. The molecule has 11 nitrogen and oxygen atoms in total. The number of para-hydroxylation sites is 1. The molecule has 3 N–H and O–H groups in total. The number of hydrogen-bond acceptors (Lipinski definition) is 10. The summed E-state index contributed by atoms with van der Waals surface area (Å²) in [6.45, 7) is 2.56. The van der Waals surface area contributed by atoms with Gasteiger partial charge in [0, 0.05) is 6.20 Å². The zero-order valence-corrected chi connectivity index (χ0v) is 22.1. The molecule has 2 heterocycles. The predicted octanol–water partition coefficient (Wildman–Crippen LogP) is 1.39. The Balaban J connectivity index is 1.76. The first-order valence-electron chi connectivity index (χ1n) is 11.4. The Kier molecular flexibility index (Phi) is 9.05. The van der Waals surface area contributed by atoms with Crippen molar-refractivity contribution >= 4 is 36.1 Å². The summed E-state index contributed by atoms with van der Waals surface area (Å²) in [7, 11) is 0. The largest absolute Gasteiger partial charge is 0.462 e. The van der Waals surface area contributed by atoms with Crippen molar-refractivity contribution in [1.82, 2.24) is 9.99 Å². The molecule has 0 aliphatic carbocycles. The fourth-order valence-electron chi connectivity index (χ4n) is 3.64. The molecular formula is C23H31N2O9PS. The predicted molar refractivity (Wildman–Crippen MR) is 132 cm³/mol. The lowest BCUT2D eigenvalue weighted by Gasteiger charge is -2.34. The minimum atomic E-state index is -3.42. The average molecular weight is 543 g/mol. The second-order valence-corrected chi connectivity index (χ2v) is 12.1. The van der Waals surface area contributed by atoms with Crippen molar-refractivity contribution < 1.29 is 43.1 Å². The van der Waals surface area contributed by atoms with Crippen molar-refractivity contribution in [3.05, 3.63) is 42.6 Å². The van der Waals surface area contributed by atoms with Gasteiger partial charge in [-0.1, -0.05) is 18.2 Å². The molecule has 2 aliphatic heterocycles. The van der Waals surface area contributed by atoms with Gasteiger partial charge < -0.3 is 28.7 Å². The molecule has 13 heteroatoms. The Bertz CT molecular complexity index is 1050. The molecule has 6 atom stereocenters. The monoisotopic (exact) mass is 542 g/mol. The Morgan fingerprint density at radius 3 is 2.58 bits per heavy atom. The van der Waals surface area contributed by atoms with Gasteiger partial charge in [-0.2, -0.15) is 0 Å². The van der Waals surface area contributed by atoms with Gasteiger partial charge in [0.1, 0.15) is 29.6 Å². The van der Waals surface area contributed by atoms with Crippen molar-refractivity contribution in [2.24, 2.45) is 0 Å². The Hall–Kier alpha value is -2.18. The molecule has 1 saturated heterocycles. The lowest BCUT2D eigenvalue weighted by Crippen LogP contribution is -2.54. The van der Waals surface area contributed by atoms with E-state index in [1.54, 1.807) is 51.1 Å². The summed E-state index contributed by atoms with van der Waals surface area (Å²) < 4.78 is 22.8. The number of esters is 1. The summed E-state index contributed by atoms with van der Waals surface area (Å²) in [6.07, 6.45) is -2.13. The highest BCUT2D eigenvalue weighted by Gasteiger charge is 2.55. The van der Waals surface area contributed by atoms with Crippen LogP contribution in [0.1, 0.15) is 34.1 Å². The fourth-order valence-corrected chi connectivity index (χ4v) is 6.06. The third-order valence-corrected chi connectivity index (χ3v) is 7.98. The normalized spacial score (nSPS) is 28.8. The second kappa shape index (κ2) is 11.5. The molecule has 198 valence electrons. The molecule has 36 heavy (non-hydrogen) atoms. The quantitative estimate of drug-likeness (QED) is 0.224. The zero-order valence-electron chi connectivity index (χ0n) is 20.4. The smallest absolute Gasteiger partial charge is 0.323 e. The minimum absolute atomic E-state index is 0.332. The third kappa shape index (κ3) is 6.77. The fraction of sp³-hybridized carbons (Fsp3) is 0.522. The van der Waals surface area contributed by atoms with Crippen molar-refractivity contribution in [1.29, 1.82) is 0 Å². The number of carbonyl (C=O) groups excluding carboxylic acids is 3. The number of hydrogen-bond donors (Lipinski definition) is 3. The molecule has 1 fully saturated rings. The molecule has 1 aromatic carbocycles. The van der Waals surface area contributed by atoms with Gasteiger partial charge in [-0.25, -0.2) is 5.09 Å². The van der Waals surface area contributed by atoms with Crippen molar-refractivity contribution in [2.75, 3.05) is 6.61 Å². The highest BCUT2D eigenvalue weighted by Crippen LogP contribution is 2.46. The Labute approximate surface area is 214 Å². The first-order valence-corrected chi connectivity index (χ1v) is 14.0. The van der Waals surface area contributed by atoms with Crippen molar-refractivity contribution in [3.63, 3.8) is 0 Å². The van der Waals surface area contributed by atoms with Crippen LogP contribution < -0.4 is 9.61 Å². The van der Waals surface area contributed by atoms with Crippen LogP contribution >= 0.6 is 6.64 Å². The Morgan fingerprint density at radius 1 is 1.31 bits per heavy atom. The van der Waals surface area contributed by atoms with Crippen LogP contribution in [-0.4, -0.2) is 75.6 Å². The average Bonchev–Trinajstić information content (AvgIpc) is 3.01. The number of aliphatic hydroxyl groups excluding tert-OH is 1. The van der Waals surface area contributed by atoms with E-state index in [0.717, 1.165) is 4.90 Å². The van der Waals surface area contributed by atoms with Gasteiger partial charge in [0.25, 0.3) is 0 Å². The van der Waals surface area contributed by atoms with Crippen LogP contribution in [0.5, 0.6) is 5.75 Å². The molecule has 0 saturated carbocycles. The third-order valence-electron chi connectivity index (χ3n) is 5.48. The number of nitrogens with zero attached hydrogens (tertiary/aromatic N) is 1. The van der Waals surface area contributed by atoms with E-state index in [0.29, 0.717) is 5.75 Å². The number of ether oxygens (including phenoxy) is 2. The van der Waals surface area contributed by atoms with Crippen LogP contribution in [0, 0.1) is 0 Å². The highest BCUT2D eigenvalue weighted by atomic mass is 32.5. The molecule has 2 aliphatic rings. The van der Waals surface area contributed by atoms with Crippen LogP contribution in [0.2, 0.25) is 0 Å². The van der Waals surface area contributed by atoms with Crippen LogP contribution in [0.15, 0.2) is 42.6 Å². The molecule has 0 unspecified atom stereocenters. The van der Waals surface area contributed by atoms with Gasteiger partial charge in [-0.05, 0) is 57.7 Å². The van der Waals surface area contributed by atoms with Gasteiger partial charge in [0.2, 0.25) is 5.91 Å². The minimum Gasteiger partial charge on any atom is -0.462 e. The van der Waals surface area contributed by atoms with E-state index in [4.69, 9.17) is 30.3 Å². The number of aliphatic hydroxyl groups is 2. The number of amides is 1. The number of carbonyl (C=O) groups is 3. The van der Waals surface area contributed by atoms with Gasteiger partial charge >= 0.3 is 12.6 Å². The van der Waals surface area contributed by atoms with Crippen LogP contribution in [-0.2, 0) is 40.2 Å². The molecule has 0 aromatic heterocycles. The van der Waals surface area contributed by atoms with Crippen molar-refractivity contribution in [2.45, 2.75) is 70.3 Å². The van der Waals surface area contributed by atoms with Gasteiger partial charge in [0.05, 0.1) is 19.1 Å². The van der Waals surface area contributed by atoms with Gasteiger partial charge in [-0.15, -0.1) is 0 Å². The summed E-state index contributed by atoms with van der Waals surface area (Å²) in [5, 5.41) is 24.6. The summed E-state index contributed by atoms with van der Waals surface area (Å²) in [5.41, 5.74) is -1.88. The van der Waals surface area contributed by atoms with Gasteiger partial charge in [-0.3, -0.25) is 19.3 Å². The first kappa shape index (κ1) is 28.4. The highest BCUT2D eigenvalue weighted by molar-refractivity contribution is 8.09. The molecule has 0 radical (unpaired) electrons. The summed E-state index contributed by atoms with van der Waals surface area (Å²) in [5.74, 6) is -1.10. The lowest BCUT2D eigenvalue weighted by molar-refractivity contribution is -0.158. The second-order valence-electron chi connectivity index (χ2n) is 8.99. The van der Waals surface area contributed by atoms with Crippen LogP contribution in [0.3, 0.4) is 0 Å². The lowest BCUT2D eigenvalue weighted by atomic mass is 9.95. The molecule has 1 amide bonds. The van der Waals surface area contributed by atoms with Gasteiger partial charge in [0.15, 0.2) is 12.0 Å². The topological polar surface area (TPSA) is 144 Å². The number of ketones is 1. The van der Waals surface area contributed by atoms with Crippen LogP contribution in [0.25, 0.3) is 0 Å². The molecule has 1 aromatic rings. The van der Waals surface area contributed by atoms with E-state index < -0.39 is 48.6 Å². The first-order chi connectivity index (χ1) is 16.8. The Morgan fingerprint density at radius 2 is 1.97 bits per heavy atom. The number of rotatable bonds is 10. The van der Waals surface area contributed by atoms with E-state index in [9.17, 15) is 24.6 Å². The molecule has 0 bridgehead atoms. The van der Waals surface area contributed by atoms with E-state index in [2.05, 4.69) is 5.09 Å².